The molecule has 0 saturated carbocycles. The van der Waals surface area contributed by atoms with Gasteiger partial charge in [0, 0.05) is 25.9 Å². The first-order chi connectivity index (χ1) is 9.24. The van der Waals surface area contributed by atoms with E-state index < -0.39 is 0 Å². The fourth-order valence-electron chi connectivity index (χ4n) is 2.31. The standard InChI is InChI=1S/C14H19N3O2/c1-2-17(10-12-5-3-4-6-19-12)14(18)13-7-11(8-15)9-16-13/h7,9,12,16H,2-6,10H2,1H3. The van der Waals surface area contributed by atoms with Gasteiger partial charge in [0.2, 0.25) is 0 Å². The molecule has 0 radical (unpaired) electrons. The molecule has 102 valence electrons. The van der Waals surface area contributed by atoms with Crippen LogP contribution in [0.25, 0.3) is 0 Å². The SMILES string of the molecule is CCN(CC1CCCCO1)C(=O)c1cc(C#N)c[nH]1. The zero-order valence-electron chi connectivity index (χ0n) is 11.2. The Kier molecular flexibility index (Phi) is 4.58. The van der Waals surface area contributed by atoms with E-state index in [4.69, 9.17) is 10.00 Å². The largest absolute Gasteiger partial charge is 0.376 e. The number of hydrogen-bond acceptors (Lipinski definition) is 3. The highest BCUT2D eigenvalue weighted by molar-refractivity contribution is 5.92. The van der Waals surface area contributed by atoms with Gasteiger partial charge in [-0.05, 0) is 32.3 Å². The maximum atomic E-state index is 12.3. The van der Waals surface area contributed by atoms with Crippen molar-refractivity contribution in [1.29, 1.82) is 5.26 Å². The number of nitriles is 1. The normalized spacial score (nSPS) is 18.8. The molecule has 1 amide bonds. The Bertz CT molecular complexity index is 469. The van der Waals surface area contributed by atoms with Crippen molar-refractivity contribution in [2.24, 2.45) is 0 Å². The van der Waals surface area contributed by atoms with Gasteiger partial charge in [0.1, 0.15) is 11.8 Å². The van der Waals surface area contributed by atoms with Crippen LogP contribution in [0.3, 0.4) is 0 Å². The minimum atomic E-state index is -0.0711. The summed E-state index contributed by atoms with van der Waals surface area (Å²) in [6.07, 6.45) is 4.98. The van der Waals surface area contributed by atoms with Crippen LogP contribution in [0.4, 0.5) is 0 Å². The van der Waals surface area contributed by atoms with E-state index in [0.29, 0.717) is 24.3 Å². The fraction of sp³-hybridized carbons (Fsp3) is 0.571. The Morgan fingerprint density at radius 1 is 1.63 bits per heavy atom. The lowest BCUT2D eigenvalue weighted by Crippen LogP contribution is -2.39. The number of amides is 1. The summed E-state index contributed by atoms with van der Waals surface area (Å²) in [4.78, 5) is 16.9. The molecule has 1 aliphatic rings. The second-order valence-corrected chi connectivity index (χ2v) is 4.75. The first-order valence-electron chi connectivity index (χ1n) is 6.74. The third-order valence-corrected chi connectivity index (χ3v) is 3.41. The lowest BCUT2D eigenvalue weighted by Gasteiger charge is -2.29. The molecule has 1 aromatic rings. The number of carbonyl (C=O) groups excluding carboxylic acids is 1. The number of likely N-dealkylation sites (N-methyl/N-ethyl adjacent to an activating group) is 1. The van der Waals surface area contributed by atoms with Crippen LogP contribution in [0.5, 0.6) is 0 Å². The topological polar surface area (TPSA) is 69.1 Å². The molecule has 1 aromatic heterocycles. The lowest BCUT2D eigenvalue weighted by molar-refractivity contribution is -0.00321. The maximum absolute atomic E-state index is 12.3. The quantitative estimate of drug-likeness (QED) is 0.900. The zero-order valence-corrected chi connectivity index (χ0v) is 11.2. The third kappa shape index (κ3) is 3.36. The molecule has 1 N–H and O–H groups in total. The first kappa shape index (κ1) is 13.6. The zero-order chi connectivity index (χ0) is 13.7. The predicted octanol–water partition coefficient (Wildman–Crippen LogP) is 1.92. The molecule has 0 spiro atoms. The summed E-state index contributed by atoms with van der Waals surface area (Å²) in [7, 11) is 0. The number of carbonyl (C=O) groups is 1. The summed E-state index contributed by atoms with van der Waals surface area (Å²) in [6.45, 7) is 4.00. The van der Waals surface area contributed by atoms with Crippen molar-refractivity contribution in [2.75, 3.05) is 19.7 Å². The van der Waals surface area contributed by atoms with Gasteiger partial charge in [-0.2, -0.15) is 5.26 Å². The molecule has 5 nitrogen and oxygen atoms in total. The van der Waals surface area contributed by atoms with E-state index in [-0.39, 0.29) is 12.0 Å². The van der Waals surface area contributed by atoms with E-state index in [1.54, 1.807) is 17.2 Å². The van der Waals surface area contributed by atoms with Crippen LogP contribution < -0.4 is 0 Å². The van der Waals surface area contributed by atoms with Crippen LogP contribution in [0, 0.1) is 11.3 Å². The Hall–Kier alpha value is -1.80. The summed E-state index contributed by atoms with van der Waals surface area (Å²) < 4.78 is 5.67. The molecule has 1 atom stereocenters. The molecule has 2 heterocycles. The summed E-state index contributed by atoms with van der Waals surface area (Å²) in [5.41, 5.74) is 0.947. The van der Waals surface area contributed by atoms with Crippen LogP contribution in [-0.2, 0) is 4.74 Å². The van der Waals surface area contributed by atoms with Gasteiger partial charge in [-0.15, -0.1) is 0 Å². The summed E-state index contributed by atoms with van der Waals surface area (Å²) in [5.74, 6) is -0.0711. The van der Waals surface area contributed by atoms with Gasteiger partial charge in [-0.3, -0.25) is 4.79 Å². The van der Waals surface area contributed by atoms with Gasteiger partial charge in [-0.25, -0.2) is 0 Å². The van der Waals surface area contributed by atoms with E-state index in [1.807, 2.05) is 13.0 Å². The summed E-state index contributed by atoms with van der Waals surface area (Å²) >= 11 is 0. The van der Waals surface area contributed by atoms with E-state index in [2.05, 4.69) is 4.98 Å². The highest BCUT2D eigenvalue weighted by Crippen LogP contribution is 2.15. The Morgan fingerprint density at radius 3 is 3.05 bits per heavy atom. The number of rotatable bonds is 4. The molecule has 0 aliphatic carbocycles. The minimum Gasteiger partial charge on any atom is -0.376 e. The van der Waals surface area contributed by atoms with Gasteiger partial charge in [-0.1, -0.05) is 0 Å². The van der Waals surface area contributed by atoms with Gasteiger partial charge in [0.05, 0.1) is 11.7 Å². The molecular weight excluding hydrogens is 242 g/mol. The minimum absolute atomic E-state index is 0.0711. The van der Waals surface area contributed by atoms with Crippen molar-refractivity contribution in [1.82, 2.24) is 9.88 Å². The van der Waals surface area contributed by atoms with Crippen molar-refractivity contribution >= 4 is 5.91 Å². The molecule has 1 saturated heterocycles. The molecule has 0 bridgehead atoms. The van der Waals surface area contributed by atoms with Crippen molar-refractivity contribution < 1.29 is 9.53 Å². The monoisotopic (exact) mass is 261 g/mol. The molecule has 19 heavy (non-hydrogen) atoms. The number of nitrogens with zero attached hydrogens (tertiary/aromatic N) is 2. The summed E-state index contributed by atoms with van der Waals surface area (Å²) in [5, 5.41) is 8.77. The Morgan fingerprint density at radius 2 is 2.47 bits per heavy atom. The molecular formula is C14H19N3O2. The predicted molar refractivity (Wildman–Crippen MR) is 70.7 cm³/mol. The van der Waals surface area contributed by atoms with Gasteiger partial charge in [0.15, 0.2) is 0 Å². The second kappa shape index (κ2) is 6.39. The van der Waals surface area contributed by atoms with Crippen LogP contribution in [0.1, 0.15) is 42.2 Å². The summed E-state index contributed by atoms with van der Waals surface area (Å²) in [6, 6.07) is 3.60. The molecule has 1 fully saturated rings. The number of aromatic amines is 1. The third-order valence-electron chi connectivity index (χ3n) is 3.41. The Labute approximate surface area is 113 Å². The highest BCUT2D eigenvalue weighted by Gasteiger charge is 2.22. The number of nitrogens with one attached hydrogen (secondary N) is 1. The van der Waals surface area contributed by atoms with E-state index in [9.17, 15) is 4.79 Å². The van der Waals surface area contributed by atoms with Crippen molar-refractivity contribution in [3.8, 4) is 6.07 Å². The number of hydrogen-bond donors (Lipinski definition) is 1. The average Bonchev–Trinajstić information content (AvgIpc) is 2.94. The smallest absolute Gasteiger partial charge is 0.270 e. The number of H-pyrrole nitrogens is 1. The van der Waals surface area contributed by atoms with Gasteiger partial charge < -0.3 is 14.6 Å². The first-order valence-corrected chi connectivity index (χ1v) is 6.74. The molecule has 5 heteroatoms. The average molecular weight is 261 g/mol. The molecule has 0 aromatic carbocycles. The molecule has 2 rings (SSSR count). The molecule has 1 unspecified atom stereocenters. The number of aromatic nitrogens is 1. The highest BCUT2D eigenvalue weighted by atomic mass is 16.5. The van der Waals surface area contributed by atoms with Crippen LogP contribution in [-0.4, -0.2) is 41.6 Å². The van der Waals surface area contributed by atoms with Gasteiger partial charge in [0.25, 0.3) is 5.91 Å². The van der Waals surface area contributed by atoms with Crippen LogP contribution in [0.2, 0.25) is 0 Å². The lowest BCUT2D eigenvalue weighted by atomic mass is 10.1. The number of ether oxygens (including phenoxy) is 1. The maximum Gasteiger partial charge on any atom is 0.270 e. The van der Waals surface area contributed by atoms with Crippen LogP contribution in [0.15, 0.2) is 12.3 Å². The fourth-order valence-corrected chi connectivity index (χ4v) is 2.31. The van der Waals surface area contributed by atoms with Crippen molar-refractivity contribution in [3.63, 3.8) is 0 Å². The van der Waals surface area contributed by atoms with Crippen molar-refractivity contribution in [2.45, 2.75) is 32.3 Å². The van der Waals surface area contributed by atoms with E-state index in [0.717, 1.165) is 25.9 Å². The molecule has 1 aliphatic heterocycles. The van der Waals surface area contributed by atoms with E-state index >= 15 is 0 Å². The second-order valence-electron chi connectivity index (χ2n) is 4.75. The van der Waals surface area contributed by atoms with Crippen LogP contribution >= 0.6 is 0 Å². The van der Waals surface area contributed by atoms with Gasteiger partial charge >= 0.3 is 0 Å². The van der Waals surface area contributed by atoms with E-state index in [1.165, 1.54) is 0 Å². The van der Waals surface area contributed by atoms with Crippen molar-refractivity contribution in [3.05, 3.63) is 23.5 Å². The Balaban J connectivity index is 2.00.